The number of anilines is 1. The van der Waals surface area contributed by atoms with Gasteiger partial charge in [-0.3, -0.25) is 0 Å². The highest BCUT2D eigenvalue weighted by atomic mass is 32.1. The second kappa shape index (κ2) is 8.80. The third-order valence-corrected chi connectivity index (χ3v) is 7.72. The molecule has 0 atom stereocenters. The molecular weight excluding hydrogens is 434 g/mol. The quantitative estimate of drug-likeness (QED) is 0.391. The number of nitrogens with zero attached hydrogens (tertiary/aromatic N) is 3. The second-order valence-corrected chi connectivity index (χ2v) is 10.2. The Bertz CT molecular complexity index is 1270. The van der Waals surface area contributed by atoms with E-state index in [1.807, 2.05) is 0 Å². The minimum atomic E-state index is -0.0181. The fraction of sp³-hybridized carbons (Fsp3) is 0.385. The summed E-state index contributed by atoms with van der Waals surface area (Å²) < 4.78 is 11.2. The van der Waals surface area contributed by atoms with Crippen LogP contribution in [0, 0.1) is 0 Å². The monoisotopic (exact) mass is 463 g/mol. The standard InChI is InChI=1S/C26H29N3O3S/c1-4-26(2,3)20-14-19(15-21-23(20)32-16-27-21)18-7-5-6-17(12-18)13-22-24(30)28-25(33-22)29-8-10-31-11-9-29/h5-7,12,14-16,30H,4,8-11,13H2,1-3H3. The number of hydrogen-bond donors (Lipinski definition) is 1. The molecule has 3 heterocycles. The van der Waals surface area contributed by atoms with Gasteiger partial charge in [-0.2, -0.15) is 4.98 Å². The van der Waals surface area contributed by atoms with Gasteiger partial charge in [-0.05, 0) is 40.7 Å². The number of thiazole rings is 1. The summed E-state index contributed by atoms with van der Waals surface area (Å²) in [6.45, 7) is 9.69. The Morgan fingerprint density at radius 3 is 2.73 bits per heavy atom. The van der Waals surface area contributed by atoms with Crippen molar-refractivity contribution in [2.45, 2.75) is 39.0 Å². The number of aromatic hydroxyl groups is 1. The summed E-state index contributed by atoms with van der Waals surface area (Å²) in [5.41, 5.74) is 6.29. The Hall–Kier alpha value is -2.90. The van der Waals surface area contributed by atoms with E-state index in [2.05, 4.69) is 72.0 Å². The molecule has 172 valence electrons. The Morgan fingerprint density at radius 2 is 1.94 bits per heavy atom. The molecule has 6 nitrogen and oxygen atoms in total. The van der Waals surface area contributed by atoms with Crippen LogP contribution in [0.25, 0.3) is 22.2 Å². The van der Waals surface area contributed by atoms with Crippen molar-refractivity contribution in [1.82, 2.24) is 9.97 Å². The number of hydrogen-bond acceptors (Lipinski definition) is 7. The number of fused-ring (bicyclic) bond motifs is 1. The predicted octanol–water partition coefficient (Wildman–Crippen LogP) is 5.77. The fourth-order valence-corrected chi connectivity index (χ4v) is 5.25. The van der Waals surface area contributed by atoms with Crippen molar-refractivity contribution in [2.24, 2.45) is 0 Å². The van der Waals surface area contributed by atoms with Gasteiger partial charge >= 0.3 is 0 Å². The van der Waals surface area contributed by atoms with Crippen LogP contribution in [0.2, 0.25) is 0 Å². The molecule has 5 rings (SSSR count). The number of benzene rings is 2. The molecule has 1 aliphatic heterocycles. The van der Waals surface area contributed by atoms with E-state index in [0.29, 0.717) is 19.6 Å². The summed E-state index contributed by atoms with van der Waals surface area (Å²) >= 11 is 1.56. The molecule has 1 fully saturated rings. The van der Waals surface area contributed by atoms with E-state index in [0.717, 1.165) is 57.3 Å². The minimum absolute atomic E-state index is 0.0181. The maximum absolute atomic E-state index is 10.5. The van der Waals surface area contributed by atoms with E-state index in [1.54, 1.807) is 11.3 Å². The molecule has 0 bridgehead atoms. The Kier molecular flexibility index (Phi) is 5.85. The van der Waals surface area contributed by atoms with Crippen molar-refractivity contribution in [1.29, 1.82) is 0 Å². The molecule has 33 heavy (non-hydrogen) atoms. The molecule has 1 saturated heterocycles. The summed E-state index contributed by atoms with van der Waals surface area (Å²) in [5, 5.41) is 11.3. The van der Waals surface area contributed by atoms with Crippen LogP contribution >= 0.6 is 11.3 Å². The van der Waals surface area contributed by atoms with Crippen molar-refractivity contribution in [3.8, 4) is 17.0 Å². The molecule has 0 radical (unpaired) electrons. The molecule has 2 aromatic heterocycles. The molecule has 4 aromatic rings. The number of morpholine rings is 1. The van der Waals surface area contributed by atoms with Gasteiger partial charge in [0.15, 0.2) is 17.1 Å². The summed E-state index contributed by atoms with van der Waals surface area (Å²) in [7, 11) is 0. The summed E-state index contributed by atoms with van der Waals surface area (Å²) in [5.74, 6) is 0.128. The predicted molar refractivity (Wildman–Crippen MR) is 132 cm³/mol. The highest BCUT2D eigenvalue weighted by molar-refractivity contribution is 7.15. The second-order valence-electron chi connectivity index (χ2n) is 9.18. The van der Waals surface area contributed by atoms with Crippen LogP contribution in [0.5, 0.6) is 5.88 Å². The van der Waals surface area contributed by atoms with E-state index in [4.69, 9.17) is 9.15 Å². The van der Waals surface area contributed by atoms with E-state index < -0.39 is 0 Å². The number of oxazole rings is 1. The van der Waals surface area contributed by atoms with Crippen molar-refractivity contribution >= 4 is 27.6 Å². The molecule has 1 N–H and O–H groups in total. The maximum Gasteiger partial charge on any atom is 0.227 e. The Labute approximate surface area is 197 Å². The van der Waals surface area contributed by atoms with E-state index in [-0.39, 0.29) is 11.3 Å². The largest absolute Gasteiger partial charge is 0.492 e. The van der Waals surface area contributed by atoms with Gasteiger partial charge in [0.25, 0.3) is 0 Å². The molecule has 2 aromatic carbocycles. The summed E-state index contributed by atoms with van der Waals surface area (Å²) in [4.78, 5) is 11.9. The van der Waals surface area contributed by atoms with Crippen molar-refractivity contribution in [2.75, 3.05) is 31.2 Å². The topological polar surface area (TPSA) is 71.6 Å². The van der Waals surface area contributed by atoms with Crippen molar-refractivity contribution in [3.05, 3.63) is 58.8 Å². The van der Waals surface area contributed by atoms with Gasteiger partial charge in [0.05, 0.1) is 18.1 Å². The first-order valence-electron chi connectivity index (χ1n) is 11.4. The zero-order chi connectivity index (χ0) is 23.0. The highest BCUT2D eigenvalue weighted by Gasteiger charge is 2.24. The van der Waals surface area contributed by atoms with Crippen LogP contribution in [0.4, 0.5) is 5.13 Å². The average molecular weight is 464 g/mol. The van der Waals surface area contributed by atoms with Gasteiger partial charge in [0.2, 0.25) is 5.88 Å². The van der Waals surface area contributed by atoms with Crippen molar-refractivity contribution in [3.63, 3.8) is 0 Å². The van der Waals surface area contributed by atoms with E-state index in [1.165, 1.54) is 12.0 Å². The maximum atomic E-state index is 10.5. The lowest BCUT2D eigenvalue weighted by atomic mass is 9.80. The molecule has 0 saturated carbocycles. The molecule has 0 spiro atoms. The van der Waals surface area contributed by atoms with Crippen LogP contribution in [0.3, 0.4) is 0 Å². The van der Waals surface area contributed by atoms with E-state index >= 15 is 0 Å². The van der Waals surface area contributed by atoms with Crippen LogP contribution in [-0.2, 0) is 16.6 Å². The Balaban J connectivity index is 1.46. The highest BCUT2D eigenvalue weighted by Crippen LogP contribution is 2.37. The molecule has 1 aliphatic rings. The Morgan fingerprint density at radius 1 is 1.12 bits per heavy atom. The van der Waals surface area contributed by atoms with Crippen LogP contribution < -0.4 is 4.90 Å². The lowest BCUT2D eigenvalue weighted by molar-refractivity contribution is 0.122. The minimum Gasteiger partial charge on any atom is -0.492 e. The van der Waals surface area contributed by atoms with Gasteiger partial charge in [-0.1, -0.05) is 56.4 Å². The summed E-state index contributed by atoms with van der Waals surface area (Å²) in [6.07, 6.45) is 3.17. The lowest BCUT2D eigenvalue weighted by Crippen LogP contribution is -2.36. The normalized spacial score (nSPS) is 14.8. The zero-order valence-corrected chi connectivity index (χ0v) is 20.1. The van der Waals surface area contributed by atoms with Crippen LogP contribution in [0.15, 0.2) is 47.2 Å². The van der Waals surface area contributed by atoms with E-state index in [9.17, 15) is 5.11 Å². The van der Waals surface area contributed by atoms with Crippen molar-refractivity contribution < 1.29 is 14.3 Å². The first-order valence-corrected chi connectivity index (χ1v) is 12.2. The van der Waals surface area contributed by atoms with Gasteiger partial charge in [0.1, 0.15) is 5.52 Å². The molecular formula is C26H29N3O3S. The number of aromatic nitrogens is 2. The first kappa shape index (κ1) is 21.9. The molecule has 0 amide bonds. The third-order valence-electron chi connectivity index (χ3n) is 6.62. The molecule has 0 aliphatic carbocycles. The zero-order valence-electron chi connectivity index (χ0n) is 19.3. The smallest absolute Gasteiger partial charge is 0.227 e. The average Bonchev–Trinajstić information content (AvgIpc) is 3.45. The van der Waals surface area contributed by atoms with Gasteiger partial charge in [-0.15, -0.1) is 0 Å². The SMILES string of the molecule is CCC(C)(C)c1cc(-c2cccc(Cc3sc(N4CCOCC4)nc3O)c2)cc2ncoc12. The van der Waals surface area contributed by atoms with Crippen LogP contribution in [0.1, 0.15) is 43.2 Å². The molecule has 0 unspecified atom stereocenters. The first-order chi connectivity index (χ1) is 15.9. The number of ether oxygens (including phenoxy) is 1. The van der Waals surface area contributed by atoms with Crippen LogP contribution in [-0.4, -0.2) is 41.4 Å². The summed E-state index contributed by atoms with van der Waals surface area (Å²) in [6, 6.07) is 12.8. The van der Waals surface area contributed by atoms with Gasteiger partial charge < -0.3 is 19.2 Å². The lowest BCUT2D eigenvalue weighted by Gasteiger charge is -2.25. The number of rotatable bonds is 6. The van der Waals surface area contributed by atoms with Gasteiger partial charge in [-0.25, -0.2) is 4.98 Å². The fourth-order valence-electron chi connectivity index (χ4n) is 4.21. The third kappa shape index (κ3) is 4.35. The van der Waals surface area contributed by atoms with Gasteiger partial charge in [0, 0.05) is 25.1 Å². The molecule has 7 heteroatoms.